The Labute approximate surface area is 108 Å². The number of amides is 1. The van der Waals surface area contributed by atoms with Crippen LogP contribution in [0.1, 0.15) is 12.5 Å². The molecule has 1 fully saturated rings. The molecule has 1 aromatic rings. The highest BCUT2D eigenvalue weighted by atomic mass is 16.5. The Balaban J connectivity index is 1.80. The van der Waals surface area contributed by atoms with Crippen molar-refractivity contribution < 1.29 is 9.53 Å². The first-order valence-electron chi connectivity index (χ1n) is 6.41. The van der Waals surface area contributed by atoms with Crippen molar-refractivity contribution in [2.75, 3.05) is 26.3 Å². The second-order valence-corrected chi connectivity index (χ2v) is 4.53. The maximum Gasteiger partial charge on any atom is 0.237 e. The molecule has 0 spiro atoms. The molecule has 1 saturated heterocycles. The standard InChI is InChI=1S/C14H20N2O2/c1-12(16-7-9-18-10-8-16)14(17)15-11-13-5-3-2-4-6-13/h2-6,12H,7-11H2,1H3,(H,15,17). The van der Waals surface area contributed by atoms with Gasteiger partial charge in [-0.15, -0.1) is 0 Å². The number of benzene rings is 1. The number of carbonyl (C=O) groups excluding carboxylic acids is 1. The molecule has 1 unspecified atom stereocenters. The number of rotatable bonds is 4. The summed E-state index contributed by atoms with van der Waals surface area (Å²) in [6.07, 6.45) is 0. The molecule has 2 rings (SSSR count). The average molecular weight is 248 g/mol. The molecular formula is C14H20N2O2. The monoisotopic (exact) mass is 248 g/mol. The van der Waals surface area contributed by atoms with Crippen LogP contribution in [-0.2, 0) is 16.1 Å². The van der Waals surface area contributed by atoms with Crippen molar-refractivity contribution in [3.63, 3.8) is 0 Å². The van der Waals surface area contributed by atoms with Crippen molar-refractivity contribution in [2.45, 2.75) is 19.5 Å². The van der Waals surface area contributed by atoms with Gasteiger partial charge in [0.1, 0.15) is 0 Å². The Morgan fingerprint density at radius 3 is 2.67 bits per heavy atom. The molecule has 4 nitrogen and oxygen atoms in total. The number of nitrogens with zero attached hydrogens (tertiary/aromatic N) is 1. The van der Waals surface area contributed by atoms with E-state index >= 15 is 0 Å². The van der Waals surface area contributed by atoms with E-state index in [1.165, 1.54) is 0 Å². The lowest BCUT2D eigenvalue weighted by atomic mass is 10.2. The van der Waals surface area contributed by atoms with Crippen molar-refractivity contribution in [3.8, 4) is 0 Å². The van der Waals surface area contributed by atoms with Crippen molar-refractivity contribution in [3.05, 3.63) is 35.9 Å². The molecular weight excluding hydrogens is 228 g/mol. The number of carbonyl (C=O) groups is 1. The summed E-state index contributed by atoms with van der Waals surface area (Å²) in [7, 11) is 0. The van der Waals surface area contributed by atoms with Gasteiger partial charge < -0.3 is 10.1 Å². The molecule has 1 aliphatic heterocycles. The maximum atomic E-state index is 12.0. The summed E-state index contributed by atoms with van der Waals surface area (Å²) in [5.41, 5.74) is 1.13. The van der Waals surface area contributed by atoms with E-state index in [0.29, 0.717) is 6.54 Å². The lowest BCUT2D eigenvalue weighted by molar-refractivity contribution is -0.127. The molecule has 1 aliphatic rings. The van der Waals surface area contributed by atoms with Crippen LogP contribution in [-0.4, -0.2) is 43.2 Å². The van der Waals surface area contributed by atoms with Crippen LogP contribution in [0.5, 0.6) is 0 Å². The van der Waals surface area contributed by atoms with E-state index in [1.54, 1.807) is 0 Å². The van der Waals surface area contributed by atoms with Crippen LogP contribution in [0.4, 0.5) is 0 Å². The van der Waals surface area contributed by atoms with Crippen LogP contribution < -0.4 is 5.32 Å². The van der Waals surface area contributed by atoms with Gasteiger partial charge in [0, 0.05) is 19.6 Å². The lowest BCUT2D eigenvalue weighted by Gasteiger charge is -2.31. The molecule has 1 heterocycles. The smallest absolute Gasteiger partial charge is 0.237 e. The highest BCUT2D eigenvalue weighted by molar-refractivity contribution is 5.81. The zero-order valence-corrected chi connectivity index (χ0v) is 10.8. The quantitative estimate of drug-likeness (QED) is 0.865. The van der Waals surface area contributed by atoms with E-state index in [2.05, 4.69) is 10.2 Å². The van der Waals surface area contributed by atoms with Crippen LogP contribution in [0.3, 0.4) is 0 Å². The van der Waals surface area contributed by atoms with Gasteiger partial charge in [-0.25, -0.2) is 0 Å². The normalized spacial score (nSPS) is 18.3. The molecule has 4 heteroatoms. The lowest BCUT2D eigenvalue weighted by Crippen LogP contribution is -2.49. The summed E-state index contributed by atoms with van der Waals surface area (Å²) in [6, 6.07) is 9.87. The first-order chi connectivity index (χ1) is 8.77. The molecule has 0 aliphatic carbocycles. The second kappa shape index (κ2) is 6.52. The van der Waals surface area contributed by atoms with Crippen molar-refractivity contribution in [1.82, 2.24) is 10.2 Å². The SMILES string of the molecule is CC(C(=O)NCc1ccccc1)N1CCOCC1. The third-order valence-corrected chi connectivity index (χ3v) is 3.28. The zero-order valence-electron chi connectivity index (χ0n) is 10.8. The highest BCUT2D eigenvalue weighted by Gasteiger charge is 2.22. The van der Waals surface area contributed by atoms with E-state index in [4.69, 9.17) is 4.74 Å². The van der Waals surface area contributed by atoms with E-state index in [0.717, 1.165) is 31.9 Å². The third-order valence-electron chi connectivity index (χ3n) is 3.28. The largest absolute Gasteiger partial charge is 0.379 e. The van der Waals surface area contributed by atoms with Gasteiger partial charge in [0.25, 0.3) is 0 Å². The van der Waals surface area contributed by atoms with Gasteiger partial charge in [0.2, 0.25) is 5.91 Å². The third kappa shape index (κ3) is 3.55. The summed E-state index contributed by atoms with van der Waals surface area (Å²) in [4.78, 5) is 14.2. The first-order valence-corrected chi connectivity index (χ1v) is 6.41. The molecule has 1 N–H and O–H groups in total. The predicted octanol–water partition coefficient (Wildman–Crippen LogP) is 1.02. The minimum Gasteiger partial charge on any atom is -0.379 e. The fourth-order valence-electron chi connectivity index (χ4n) is 2.06. The molecule has 0 saturated carbocycles. The first kappa shape index (κ1) is 13.1. The zero-order chi connectivity index (χ0) is 12.8. The van der Waals surface area contributed by atoms with Crippen molar-refractivity contribution in [2.24, 2.45) is 0 Å². The van der Waals surface area contributed by atoms with E-state index in [1.807, 2.05) is 37.3 Å². The van der Waals surface area contributed by atoms with Crippen LogP contribution in [0.25, 0.3) is 0 Å². The number of hydrogen-bond acceptors (Lipinski definition) is 3. The summed E-state index contributed by atoms with van der Waals surface area (Å²) < 4.78 is 5.29. The molecule has 1 atom stereocenters. The fraction of sp³-hybridized carbons (Fsp3) is 0.500. The van der Waals surface area contributed by atoms with Crippen LogP contribution in [0.15, 0.2) is 30.3 Å². The fourth-order valence-corrected chi connectivity index (χ4v) is 2.06. The Kier molecular flexibility index (Phi) is 4.73. The summed E-state index contributed by atoms with van der Waals surface area (Å²) in [5, 5.41) is 2.97. The maximum absolute atomic E-state index is 12.0. The molecule has 0 aromatic heterocycles. The van der Waals surface area contributed by atoms with Crippen LogP contribution in [0, 0.1) is 0 Å². The summed E-state index contributed by atoms with van der Waals surface area (Å²) >= 11 is 0. The van der Waals surface area contributed by atoms with Gasteiger partial charge in [-0.1, -0.05) is 30.3 Å². The number of morpholine rings is 1. The van der Waals surface area contributed by atoms with E-state index < -0.39 is 0 Å². The minimum atomic E-state index is -0.0855. The van der Waals surface area contributed by atoms with Gasteiger partial charge in [0.15, 0.2) is 0 Å². The van der Waals surface area contributed by atoms with Crippen LogP contribution in [0.2, 0.25) is 0 Å². The summed E-state index contributed by atoms with van der Waals surface area (Å²) in [6.45, 7) is 5.65. The van der Waals surface area contributed by atoms with Crippen molar-refractivity contribution in [1.29, 1.82) is 0 Å². The molecule has 1 amide bonds. The topological polar surface area (TPSA) is 41.6 Å². The Morgan fingerprint density at radius 2 is 2.00 bits per heavy atom. The summed E-state index contributed by atoms with van der Waals surface area (Å²) in [5.74, 6) is 0.0840. The highest BCUT2D eigenvalue weighted by Crippen LogP contribution is 2.04. The minimum absolute atomic E-state index is 0.0840. The predicted molar refractivity (Wildman–Crippen MR) is 70.1 cm³/mol. The molecule has 1 aromatic carbocycles. The Morgan fingerprint density at radius 1 is 1.33 bits per heavy atom. The van der Waals surface area contributed by atoms with Crippen LogP contribution >= 0.6 is 0 Å². The van der Waals surface area contributed by atoms with Crippen molar-refractivity contribution >= 4 is 5.91 Å². The van der Waals surface area contributed by atoms with Gasteiger partial charge in [-0.3, -0.25) is 9.69 Å². The van der Waals surface area contributed by atoms with E-state index in [9.17, 15) is 4.79 Å². The average Bonchev–Trinajstić information content (AvgIpc) is 2.46. The second-order valence-electron chi connectivity index (χ2n) is 4.53. The number of ether oxygens (including phenoxy) is 1. The number of hydrogen-bond donors (Lipinski definition) is 1. The molecule has 18 heavy (non-hydrogen) atoms. The molecule has 98 valence electrons. The van der Waals surface area contributed by atoms with Gasteiger partial charge >= 0.3 is 0 Å². The molecule has 0 bridgehead atoms. The van der Waals surface area contributed by atoms with Gasteiger partial charge in [-0.05, 0) is 12.5 Å². The van der Waals surface area contributed by atoms with E-state index in [-0.39, 0.29) is 11.9 Å². The van der Waals surface area contributed by atoms with Gasteiger partial charge in [0.05, 0.1) is 19.3 Å². The Hall–Kier alpha value is -1.39. The Bertz CT molecular complexity index is 375. The number of nitrogens with one attached hydrogen (secondary N) is 1. The molecule has 0 radical (unpaired) electrons. The van der Waals surface area contributed by atoms with Gasteiger partial charge in [-0.2, -0.15) is 0 Å².